The van der Waals surface area contributed by atoms with E-state index in [1.807, 2.05) is 72.5 Å². The molecule has 2 heterocycles. The number of fused-ring (bicyclic) bond motifs is 1. The Labute approximate surface area is 195 Å². The Morgan fingerprint density at radius 3 is 2.62 bits per heavy atom. The average Bonchev–Trinajstić information content (AvgIpc) is 3.31. The molecule has 160 valence electrons. The molecule has 0 saturated carbocycles. The third kappa shape index (κ3) is 4.18. The van der Waals surface area contributed by atoms with Gasteiger partial charge in [0.25, 0.3) is 5.22 Å². The number of hydrogen-bond acceptors (Lipinski definition) is 6. The summed E-state index contributed by atoms with van der Waals surface area (Å²) >= 11 is 3.07. The third-order valence-corrected chi connectivity index (χ3v) is 7.33. The summed E-state index contributed by atoms with van der Waals surface area (Å²) in [6.45, 7) is 2.01. The molecule has 0 aliphatic carbocycles. The summed E-state index contributed by atoms with van der Waals surface area (Å²) in [7, 11) is 0. The number of carbonyl (C=O) groups is 1. The Morgan fingerprint density at radius 1 is 1.03 bits per heavy atom. The van der Waals surface area contributed by atoms with Crippen LogP contribution in [0.15, 0.2) is 93.4 Å². The van der Waals surface area contributed by atoms with E-state index in [1.54, 1.807) is 11.8 Å². The Bertz CT molecular complexity index is 1240. The second-order valence-corrected chi connectivity index (χ2v) is 9.43. The van der Waals surface area contributed by atoms with Gasteiger partial charge in [-0.3, -0.25) is 4.79 Å². The fraction of sp³-hybridized carbons (Fsp3) is 0.160. The quantitative estimate of drug-likeness (QED) is 0.340. The molecule has 0 bridgehead atoms. The molecule has 1 unspecified atom stereocenters. The maximum Gasteiger partial charge on any atom is 0.277 e. The monoisotopic (exact) mass is 459 g/mol. The van der Waals surface area contributed by atoms with Crippen molar-refractivity contribution >= 4 is 35.1 Å². The number of benzene rings is 3. The molecule has 0 N–H and O–H groups in total. The highest BCUT2D eigenvalue weighted by atomic mass is 32.2. The molecule has 1 aliphatic heterocycles. The number of anilines is 1. The van der Waals surface area contributed by atoms with E-state index in [1.165, 1.54) is 11.8 Å². The Kier molecular flexibility index (Phi) is 6.01. The number of aromatic nitrogens is 2. The number of aryl methyl sites for hydroxylation is 1. The van der Waals surface area contributed by atoms with Gasteiger partial charge in [0, 0.05) is 16.2 Å². The maximum absolute atomic E-state index is 13.5. The van der Waals surface area contributed by atoms with Gasteiger partial charge in [-0.25, -0.2) is 0 Å². The van der Waals surface area contributed by atoms with Crippen LogP contribution in [0.4, 0.5) is 5.69 Å². The van der Waals surface area contributed by atoms with Crippen LogP contribution in [0.1, 0.15) is 17.2 Å². The smallest absolute Gasteiger partial charge is 0.277 e. The average molecular weight is 460 g/mol. The number of rotatable bonds is 5. The van der Waals surface area contributed by atoms with Gasteiger partial charge in [-0.15, -0.1) is 22.0 Å². The fourth-order valence-electron chi connectivity index (χ4n) is 3.80. The van der Waals surface area contributed by atoms with Crippen LogP contribution in [0.5, 0.6) is 0 Å². The second kappa shape index (κ2) is 9.22. The molecule has 1 aliphatic rings. The summed E-state index contributed by atoms with van der Waals surface area (Å²) in [5.41, 5.74) is 4.06. The molecule has 1 amide bonds. The zero-order valence-electron chi connectivity index (χ0n) is 17.5. The highest BCUT2D eigenvalue weighted by molar-refractivity contribution is 8.00. The van der Waals surface area contributed by atoms with E-state index in [2.05, 4.69) is 28.4 Å². The molecule has 0 fully saturated rings. The predicted octanol–water partition coefficient (Wildman–Crippen LogP) is 6.02. The zero-order chi connectivity index (χ0) is 21.9. The van der Waals surface area contributed by atoms with E-state index in [0.29, 0.717) is 11.1 Å². The Morgan fingerprint density at radius 2 is 1.78 bits per heavy atom. The van der Waals surface area contributed by atoms with E-state index >= 15 is 0 Å². The SMILES string of the molecule is Cc1ccccc1-c1nnc(SCC(=O)N2c3ccccc3SCC2c2ccccc2)o1. The summed E-state index contributed by atoms with van der Waals surface area (Å²) in [6, 6.07) is 26.1. The van der Waals surface area contributed by atoms with Gasteiger partial charge in [0.1, 0.15) is 0 Å². The molecular formula is C25H21N3O2S2. The Balaban J connectivity index is 1.37. The van der Waals surface area contributed by atoms with Crippen molar-refractivity contribution in [2.75, 3.05) is 16.4 Å². The normalized spacial score (nSPS) is 15.4. The summed E-state index contributed by atoms with van der Waals surface area (Å²) in [4.78, 5) is 16.5. The predicted molar refractivity (Wildman–Crippen MR) is 129 cm³/mol. The van der Waals surface area contributed by atoms with Crippen LogP contribution in [0.3, 0.4) is 0 Å². The van der Waals surface area contributed by atoms with Gasteiger partial charge in [-0.1, -0.05) is 72.4 Å². The van der Waals surface area contributed by atoms with Crippen LogP contribution in [-0.2, 0) is 4.79 Å². The van der Waals surface area contributed by atoms with Gasteiger partial charge >= 0.3 is 0 Å². The molecule has 7 heteroatoms. The van der Waals surface area contributed by atoms with Crippen molar-refractivity contribution in [3.8, 4) is 11.5 Å². The summed E-state index contributed by atoms with van der Waals surface area (Å²) in [5.74, 6) is 1.53. The Hall–Kier alpha value is -3.03. The second-order valence-electron chi connectivity index (χ2n) is 7.45. The largest absolute Gasteiger partial charge is 0.411 e. The molecule has 0 spiro atoms. The van der Waals surface area contributed by atoms with Crippen LogP contribution >= 0.6 is 23.5 Å². The van der Waals surface area contributed by atoms with Crippen LogP contribution in [0.2, 0.25) is 0 Å². The standard InChI is InChI=1S/C25H21N3O2S2/c1-17-9-5-6-12-19(17)24-26-27-25(30-24)32-16-23(29)28-20-13-7-8-14-22(20)31-15-21(28)18-10-3-2-4-11-18/h2-14,21H,15-16H2,1H3. The van der Waals surface area contributed by atoms with Crippen LogP contribution in [-0.4, -0.2) is 27.6 Å². The maximum atomic E-state index is 13.5. The van der Waals surface area contributed by atoms with Crippen molar-refractivity contribution in [1.29, 1.82) is 0 Å². The summed E-state index contributed by atoms with van der Waals surface area (Å²) in [6.07, 6.45) is 0. The van der Waals surface area contributed by atoms with Crippen molar-refractivity contribution in [3.63, 3.8) is 0 Å². The molecule has 1 aromatic heterocycles. The van der Waals surface area contributed by atoms with Gasteiger partial charge in [0.2, 0.25) is 11.8 Å². The highest BCUT2D eigenvalue weighted by Crippen LogP contribution is 2.43. The molecule has 5 rings (SSSR count). The van der Waals surface area contributed by atoms with Crippen molar-refractivity contribution in [2.45, 2.75) is 23.1 Å². The van der Waals surface area contributed by atoms with E-state index in [9.17, 15) is 4.79 Å². The number of nitrogens with zero attached hydrogens (tertiary/aromatic N) is 3. The van der Waals surface area contributed by atoms with Crippen molar-refractivity contribution in [2.24, 2.45) is 0 Å². The van der Waals surface area contributed by atoms with Gasteiger partial charge < -0.3 is 9.32 Å². The van der Waals surface area contributed by atoms with E-state index < -0.39 is 0 Å². The van der Waals surface area contributed by atoms with Crippen molar-refractivity contribution in [1.82, 2.24) is 10.2 Å². The molecule has 1 atom stereocenters. The lowest BCUT2D eigenvalue weighted by molar-refractivity contribution is -0.116. The molecule has 5 nitrogen and oxygen atoms in total. The third-order valence-electron chi connectivity index (χ3n) is 5.39. The molecule has 3 aromatic carbocycles. The first-order valence-electron chi connectivity index (χ1n) is 10.3. The molecule has 0 saturated heterocycles. The number of thioether (sulfide) groups is 2. The minimum absolute atomic E-state index is 0.0191. The minimum Gasteiger partial charge on any atom is -0.411 e. The number of amides is 1. The zero-order valence-corrected chi connectivity index (χ0v) is 19.1. The van der Waals surface area contributed by atoms with Crippen molar-refractivity contribution < 1.29 is 9.21 Å². The van der Waals surface area contributed by atoms with E-state index in [-0.39, 0.29) is 17.7 Å². The van der Waals surface area contributed by atoms with Gasteiger partial charge in [0.15, 0.2) is 0 Å². The van der Waals surface area contributed by atoms with Gasteiger partial charge in [0.05, 0.1) is 17.5 Å². The number of carbonyl (C=O) groups excluding carboxylic acids is 1. The summed E-state index contributed by atoms with van der Waals surface area (Å²) < 4.78 is 5.84. The lowest BCUT2D eigenvalue weighted by Gasteiger charge is -2.37. The molecule has 32 heavy (non-hydrogen) atoms. The van der Waals surface area contributed by atoms with Crippen molar-refractivity contribution in [3.05, 3.63) is 90.0 Å². The highest BCUT2D eigenvalue weighted by Gasteiger charge is 2.32. The molecule has 0 radical (unpaired) electrons. The first-order valence-corrected chi connectivity index (χ1v) is 12.3. The molecule has 4 aromatic rings. The lowest BCUT2D eigenvalue weighted by Crippen LogP contribution is -2.39. The van der Waals surface area contributed by atoms with Crippen LogP contribution < -0.4 is 4.90 Å². The summed E-state index contributed by atoms with van der Waals surface area (Å²) in [5, 5.41) is 8.71. The van der Waals surface area contributed by atoms with Crippen LogP contribution in [0, 0.1) is 6.92 Å². The topological polar surface area (TPSA) is 59.2 Å². The van der Waals surface area contributed by atoms with E-state index in [0.717, 1.165) is 33.0 Å². The lowest BCUT2D eigenvalue weighted by atomic mass is 10.1. The van der Waals surface area contributed by atoms with E-state index in [4.69, 9.17) is 4.42 Å². The fourth-order valence-corrected chi connectivity index (χ4v) is 5.59. The first kappa shape index (κ1) is 20.8. The number of hydrogen-bond donors (Lipinski definition) is 0. The van der Waals surface area contributed by atoms with Gasteiger partial charge in [-0.05, 0) is 36.2 Å². The van der Waals surface area contributed by atoms with Gasteiger partial charge in [-0.2, -0.15) is 0 Å². The first-order chi connectivity index (χ1) is 15.7. The number of para-hydroxylation sites is 1. The minimum atomic E-state index is -0.0191. The van der Waals surface area contributed by atoms with Crippen LogP contribution in [0.25, 0.3) is 11.5 Å². The molecular weight excluding hydrogens is 438 g/mol.